The molecule has 0 aliphatic rings. The van der Waals surface area contributed by atoms with Crippen LogP contribution < -0.4 is 0 Å². The smallest absolute Gasteiger partial charge is 0 e. The zero-order chi connectivity index (χ0) is 10.3. The molecule has 0 atom stereocenters. The van der Waals surface area contributed by atoms with E-state index in [1.165, 1.54) is 0 Å². The molecule has 0 N–H and O–H groups in total. The SMILES string of the molecule is CC.CC.CC.C[CH-]C(C)C.[Ar].[Ar].[Rf]. The first-order chi connectivity index (χ1) is 5.27. The predicted octanol–water partition coefficient (Wildman–Crippen LogP) is 4.95. The van der Waals surface area contributed by atoms with Gasteiger partial charge in [0, 0.05) is 75.5 Å². The topological polar surface area (TPSA) is 0 Å². The van der Waals surface area contributed by atoms with Crippen molar-refractivity contribution in [1.29, 1.82) is 0 Å². The van der Waals surface area contributed by atoms with Gasteiger partial charge in [-0.25, -0.2) is 0 Å². The Balaban J connectivity index is -0.00000000972. The third-order valence-corrected chi connectivity index (χ3v) is 0.667. The predicted molar refractivity (Wildman–Crippen MR) is 58.9 cm³/mol. The quantitative estimate of drug-likeness (QED) is 0.441. The van der Waals surface area contributed by atoms with E-state index in [2.05, 4.69) is 27.2 Å². The van der Waals surface area contributed by atoms with Crippen LogP contribution in [-0.4, -0.2) is 0 Å². The third kappa shape index (κ3) is 171. The summed E-state index contributed by atoms with van der Waals surface area (Å²) in [5.41, 5.74) is 0. The summed E-state index contributed by atoms with van der Waals surface area (Å²) in [5, 5.41) is 0. The normalized spacial score (nSPS) is 4.71. The second-order valence-corrected chi connectivity index (χ2v) is 1.58. The summed E-state index contributed by atoms with van der Waals surface area (Å²) in [5.74, 6) is 0.759. The summed E-state index contributed by atoms with van der Waals surface area (Å²) in [6.45, 7) is 18.4. The van der Waals surface area contributed by atoms with E-state index in [4.69, 9.17) is 0 Å². The van der Waals surface area contributed by atoms with Crippen molar-refractivity contribution in [2.24, 2.45) is 5.92 Å². The average Bonchev–Trinajstić information content (AvgIpc) is 2.15. The van der Waals surface area contributed by atoms with Crippen LogP contribution in [0.1, 0.15) is 62.3 Å². The van der Waals surface area contributed by atoms with E-state index in [-0.39, 0.29) is 75.5 Å². The average molecular weight is 508 g/mol. The molecule has 0 unspecified atom stereocenters. The molecule has 0 aromatic heterocycles. The summed E-state index contributed by atoms with van der Waals surface area (Å²) in [7, 11) is 0. The van der Waals surface area contributed by atoms with E-state index < -0.39 is 0 Å². The molecule has 0 saturated heterocycles. The fourth-order valence-electron chi connectivity index (χ4n) is 0. The monoisotopic (exact) mass is 508 g/mol. The van der Waals surface area contributed by atoms with Gasteiger partial charge in [-0.15, -0.1) is 0 Å². The fraction of sp³-hybridized carbons (Fsp3) is 0.909. The maximum absolute atomic E-state index is 2.17. The standard InChI is InChI=1S/C5H11.3C2H6.2Ar.Rf/c1-4-5(2)3;3*1-2;;;/h4-5H,1-3H3;3*1-2H3;;;/q-1;;;;;;. The zero-order valence-corrected chi connectivity index (χ0v) is 19.4. The zero-order valence-electron chi connectivity index (χ0n) is 11.6. The Morgan fingerprint density at radius 3 is 0.786 bits per heavy atom. The van der Waals surface area contributed by atoms with Crippen LogP contribution in [-0.2, 0) is 0 Å². The van der Waals surface area contributed by atoms with Gasteiger partial charge < -0.3 is 6.42 Å². The third-order valence-electron chi connectivity index (χ3n) is 0.667. The van der Waals surface area contributed by atoms with Gasteiger partial charge in [0.25, 0.3) is 0 Å². The minimum atomic E-state index is 0. The molecule has 0 spiro atoms. The Labute approximate surface area is 148 Å². The van der Waals surface area contributed by atoms with Crippen LogP contribution >= 0.6 is 0 Å². The van der Waals surface area contributed by atoms with Crippen molar-refractivity contribution in [3.8, 4) is 0 Å². The van der Waals surface area contributed by atoms with Gasteiger partial charge >= 0.3 is 0 Å². The van der Waals surface area contributed by atoms with Crippen LogP contribution in [0, 0.1) is 87.8 Å². The fourth-order valence-corrected chi connectivity index (χ4v) is 0. The van der Waals surface area contributed by atoms with Crippen LogP contribution in [0.2, 0.25) is 0 Å². The second kappa shape index (κ2) is 87.1. The number of hydrogen-bond donors (Lipinski definition) is 0. The van der Waals surface area contributed by atoms with Crippen molar-refractivity contribution in [1.82, 2.24) is 0 Å². The summed E-state index contributed by atoms with van der Waals surface area (Å²) in [6.07, 6.45) is 2.17. The van der Waals surface area contributed by atoms with Crippen LogP contribution in [0.4, 0.5) is 0 Å². The van der Waals surface area contributed by atoms with E-state index in [1.54, 1.807) is 0 Å². The molecule has 0 aliphatic carbocycles. The van der Waals surface area contributed by atoms with E-state index in [1.807, 2.05) is 41.5 Å². The maximum Gasteiger partial charge on any atom is 0 e. The summed E-state index contributed by atoms with van der Waals surface area (Å²) >= 11 is 0. The van der Waals surface area contributed by atoms with E-state index in [0.29, 0.717) is 0 Å². The van der Waals surface area contributed by atoms with Crippen molar-refractivity contribution in [2.75, 3.05) is 0 Å². The van der Waals surface area contributed by atoms with Crippen molar-refractivity contribution >= 4 is 0 Å². The molecule has 0 saturated carbocycles. The Bertz CT molecular complexity index is 27.2. The summed E-state index contributed by atoms with van der Waals surface area (Å²) in [4.78, 5) is 0. The van der Waals surface area contributed by atoms with Crippen molar-refractivity contribution in [3.05, 3.63) is 6.42 Å². The van der Waals surface area contributed by atoms with Gasteiger partial charge in [0.05, 0.1) is 0 Å². The molecule has 3 heteroatoms. The molecule has 0 heterocycles. The molecule has 14 heavy (non-hydrogen) atoms. The van der Waals surface area contributed by atoms with Gasteiger partial charge in [-0.2, -0.15) is 12.8 Å². The number of hydrogen-bond acceptors (Lipinski definition) is 0. The van der Waals surface area contributed by atoms with E-state index >= 15 is 0 Å². The largest absolute Gasteiger partial charge is 0.329 e. The first kappa shape index (κ1) is 45.1. The molecule has 0 radical (unpaired) electrons. The van der Waals surface area contributed by atoms with E-state index in [9.17, 15) is 0 Å². The Morgan fingerprint density at radius 2 is 0.786 bits per heavy atom. The van der Waals surface area contributed by atoms with Crippen LogP contribution in [0.3, 0.4) is 0 Å². The number of rotatable bonds is 1. The van der Waals surface area contributed by atoms with Crippen LogP contribution in [0.15, 0.2) is 0 Å². The Kier molecular flexibility index (Phi) is 280. The molecular formula is C11H29Ar2Rf-. The van der Waals surface area contributed by atoms with Gasteiger partial charge in [-0.05, 0) is 0 Å². The molecule has 0 aromatic rings. The molecule has 0 rings (SSSR count). The first-order valence-corrected chi connectivity index (χ1v) is 5.07. The Hall–Kier alpha value is 1.52. The summed E-state index contributed by atoms with van der Waals surface area (Å²) < 4.78 is 0. The minimum absolute atomic E-state index is 0. The molecule has 0 bridgehead atoms. The second-order valence-electron chi connectivity index (χ2n) is 1.58. The van der Waals surface area contributed by atoms with Gasteiger partial charge in [0.2, 0.25) is 0 Å². The van der Waals surface area contributed by atoms with E-state index in [0.717, 1.165) is 5.92 Å². The van der Waals surface area contributed by atoms with Gasteiger partial charge in [-0.1, -0.05) is 55.4 Å². The summed E-state index contributed by atoms with van der Waals surface area (Å²) in [6, 6.07) is 0. The van der Waals surface area contributed by atoms with Gasteiger partial charge in [0.15, 0.2) is 0 Å². The molecule has 0 nitrogen and oxygen atoms in total. The minimum Gasteiger partial charge on any atom is -0.329 e. The van der Waals surface area contributed by atoms with Crippen molar-refractivity contribution < 1.29 is 75.5 Å². The van der Waals surface area contributed by atoms with Crippen molar-refractivity contribution in [2.45, 2.75) is 62.3 Å². The Morgan fingerprint density at radius 1 is 0.714 bits per heavy atom. The molecule has 0 amide bonds. The van der Waals surface area contributed by atoms with Gasteiger partial charge in [-0.3, -0.25) is 0 Å². The van der Waals surface area contributed by atoms with Crippen LogP contribution in [0.25, 0.3) is 0 Å². The van der Waals surface area contributed by atoms with Gasteiger partial charge in [0.1, 0.15) is 0 Å². The molecule has 92 valence electrons. The molecule has 0 aromatic carbocycles. The van der Waals surface area contributed by atoms with Crippen molar-refractivity contribution in [3.63, 3.8) is 0 Å². The van der Waals surface area contributed by atoms with Crippen LogP contribution in [0.5, 0.6) is 0 Å². The maximum atomic E-state index is 2.17. The molecular weight excluding hydrogens is 479 g/mol. The molecule has 0 aliphatic heterocycles. The molecule has 0 fully saturated rings. The first-order valence-electron chi connectivity index (χ1n) is 5.07.